The van der Waals surface area contributed by atoms with Crippen LogP contribution >= 0.6 is 0 Å². The van der Waals surface area contributed by atoms with Crippen LogP contribution < -0.4 is 9.47 Å². The van der Waals surface area contributed by atoms with E-state index in [1.165, 1.54) is 0 Å². The normalized spacial score (nSPS) is 17.5. The van der Waals surface area contributed by atoms with Crippen molar-refractivity contribution in [3.63, 3.8) is 0 Å². The van der Waals surface area contributed by atoms with Crippen LogP contribution in [0.4, 0.5) is 0 Å². The Morgan fingerprint density at radius 3 is 1.43 bits per heavy atom. The molecular weight excluding hydrogens is 380 g/mol. The number of piperazine rings is 1. The van der Waals surface area contributed by atoms with Crippen LogP contribution in [0.1, 0.15) is 11.1 Å². The van der Waals surface area contributed by atoms with Crippen molar-refractivity contribution in [1.29, 1.82) is 0 Å². The SMILES string of the molecule is Cc1ccccc1OC[C@@H](O)CN1CCN(C[C@@H](O)COc2ccccc2C)CC1. The van der Waals surface area contributed by atoms with Gasteiger partial charge in [-0.3, -0.25) is 9.80 Å². The minimum Gasteiger partial charge on any atom is -0.491 e. The number of aliphatic hydroxyl groups excluding tert-OH is 2. The molecule has 2 aromatic rings. The van der Waals surface area contributed by atoms with Crippen molar-refractivity contribution in [2.24, 2.45) is 0 Å². The summed E-state index contributed by atoms with van der Waals surface area (Å²) in [6, 6.07) is 15.7. The predicted molar refractivity (Wildman–Crippen MR) is 118 cm³/mol. The molecule has 0 spiro atoms. The molecule has 0 aliphatic carbocycles. The third-order valence-electron chi connectivity index (χ3n) is 5.45. The van der Waals surface area contributed by atoms with Crippen LogP contribution in [0.2, 0.25) is 0 Å². The highest BCUT2D eigenvalue weighted by atomic mass is 16.5. The van der Waals surface area contributed by atoms with Crippen LogP contribution in [0.15, 0.2) is 48.5 Å². The molecule has 30 heavy (non-hydrogen) atoms. The van der Waals surface area contributed by atoms with Gasteiger partial charge in [0.15, 0.2) is 0 Å². The van der Waals surface area contributed by atoms with Gasteiger partial charge in [0.25, 0.3) is 0 Å². The lowest BCUT2D eigenvalue weighted by molar-refractivity contribution is 0.0239. The van der Waals surface area contributed by atoms with Crippen molar-refractivity contribution < 1.29 is 19.7 Å². The maximum Gasteiger partial charge on any atom is 0.122 e. The highest BCUT2D eigenvalue weighted by Gasteiger charge is 2.21. The average Bonchev–Trinajstić information content (AvgIpc) is 2.74. The molecule has 0 radical (unpaired) electrons. The molecule has 0 bridgehead atoms. The van der Waals surface area contributed by atoms with Gasteiger partial charge >= 0.3 is 0 Å². The van der Waals surface area contributed by atoms with E-state index >= 15 is 0 Å². The Kier molecular flexibility index (Phi) is 8.51. The van der Waals surface area contributed by atoms with E-state index in [1.807, 2.05) is 62.4 Å². The van der Waals surface area contributed by atoms with Crippen molar-refractivity contribution in [3.8, 4) is 11.5 Å². The number of rotatable bonds is 10. The Hall–Kier alpha value is -2.12. The zero-order valence-electron chi connectivity index (χ0n) is 18.0. The summed E-state index contributed by atoms with van der Waals surface area (Å²) in [7, 11) is 0. The average molecular weight is 415 g/mol. The first-order valence-electron chi connectivity index (χ1n) is 10.7. The summed E-state index contributed by atoms with van der Waals surface area (Å²) in [6.07, 6.45) is -1.05. The van der Waals surface area contributed by atoms with Crippen LogP contribution in [-0.4, -0.2) is 84.7 Å². The Morgan fingerprint density at radius 1 is 0.700 bits per heavy atom. The zero-order valence-corrected chi connectivity index (χ0v) is 18.0. The Balaban J connectivity index is 1.32. The molecule has 0 aromatic heterocycles. The maximum atomic E-state index is 10.3. The number of hydrogen-bond acceptors (Lipinski definition) is 6. The number of para-hydroxylation sites is 2. The van der Waals surface area contributed by atoms with E-state index in [9.17, 15) is 10.2 Å². The van der Waals surface area contributed by atoms with Gasteiger partial charge in [-0.1, -0.05) is 36.4 Å². The van der Waals surface area contributed by atoms with Crippen molar-refractivity contribution >= 4 is 0 Å². The molecule has 0 unspecified atom stereocenters. The second-order valence-electron chi connectivity index (χ2n) is 8.06. The van der Waals surface area contributed by atoms with E-state index in [1.54, 1.807) is 0 Å². The van der Waals surface area contributed by atoms with E-state index < -0.39 is 12.2 Å². The number of aryl methyl sites for hydroxylation is 2. The van der Waals surface area contributed by atoms with Crippen LogP contribution in [0.25, 0.3) is 0 Å². The van der Waals surface area contributed by atoms with Crippen molar-refractivity contribution in [1.82, 2.24) is 9.80 Å². The van der Waals surface area contributed by atoms with Gasteiger partial charge in [-0.15, -0.1) is 0 Å². The second kappa shape index (κ2) is 11.3. The van der Waals surface area contributed by atoms with E-state index in [0.29, 0.717) is 26.3 Å². The number of aliphatic hydroxyl groups is 2. The summed E-state index contributed by atoms with van der Waals surface area (Å²) in [5, 5.41) is 20.7. The number of ether oxygens (including phenoxy) is 2. The Bertz CT molecular complexity index is 712. The largest absolute Gasteiger partial charge is 0.491 e. The van der Waals surface area contributed by atoms with Gasteiger partial charge < -0.3 is 19.7 Å². The topological polar surface area (TPSA) is 65.4 Å². The molecule has 0 amide bonds. The minimum atomic E-state index is -0.524. The number of nitrogens with zero attached hydrogens (tertiary/aromatic N) is 2. The number of hydrogen-bond donors (Lipinski definition) is 2. The second-order valence-corrected chi connectivity index (χ2v) is 8.06. The third-order valence-corrected chi connectivity index (χ3v) is 5.45. The first-order valence-corrected chi connectivity index (χ1v) is 10.7. The molecule has 6 nitrogen and oxygen atoms in total. The molecule has 1 aliphatic heterocycles. The minimum absolute atomic E-state index is 0.292. The van der Waals surface area contributed by atoms with Crippen LogP contribution in [0, 0.1) is 13.8 Å². The summed E-state index contributed by atoms with van der Waals surface area (Å²) >= 11 is 0. The molecule has 2 atom stereocenters. The first kappa shape index (κ1) is 22.6. The van der Waals surface area contributed by atoms with Gasteiger partial charge in [0.05, 0.1) is 0 Å². The summed E-state index contributed by atoms with van der Waals surface area (Å²) in [4.78, 5) is 4.50. The Labute approximate surface area is 179 Å². The number of β-amino-alcohol motifs (C(OH)–C–C–N with tert-alkyl or cyclic N) is 2. The molecular formula is C24H34N2O4. The van der Waals surface area contributed by atoms with Gasteiger partial charge in [0.1, 0.15) is 36.9 Å². The summed E-state index contributed by atoms with van der Waals surface area (Å²) in [5.74, 6) is 1.64. The van der Waals surface area contributed by atoms with E-state index in [4.69, 9.17) is 9.47 Å². The molecule has 1 heterocycles. The highest BCUT2D eigenvalue weighted by Crippen LogP contribution is 2.17. The van der Waals surface area contributed by atoms with Crippen LogP contribution in [0.5, 0.6) is 11.5 Å². The maximum absolute atomic E-state index is 10.3. The Morgan fingerprint density at radius 2 is 1.07 bits per heavy atom. The highest BCUT2D eigenvalue weighted by molar-refractivity contribution is 5.32. The quantitative estimate of drug-likeness (QED) is 0.621. The zero-order chi connectivity index (χ0) is 21.3. The van der Waals surface area contributed by atoms with Gasteiger partial charge in [-0.2, -0.15) is 0 Å². The fourth-order valence-electron chi connectivity index (χ4n) is 3.66. The van der Waals surface area contributed by atoms with Gasteiger partial charge in [-0.05, 0) is 37.1 Å². The molecule has 1 aliphatic rings. The third kappa shape index (κ3) is 6.99. The summed E-state index contributed by atoms with van der Waals surface area (Å²) in [6.45, 7) is 9.25. The van der Waals surface area contributed by atoms with Gasteiger partial charge in [-0.25, -0.2) is 0 Å². The van der Waals surface area contributed by atoms with E-state index in [2.05, 4.69) is 9.80 Å². The lowest BCUT2D eigenvalue weighted by Gasteiger charge is -2.36. The molecule has 3 rings (SSSR count). The molecule has 164 valence electrons. The molecule has 1 saturated heterocycles. The summed E-state index contributed by atoms with van der Waals surface area (Å²) in [5.41, 5.74) is 2.14. The number of benzene rings is 2. The first-order chi connectivity index (χ1) is 14.5. The summed E-state index contributed by atoms with van der Waals surface area (Å²) < 4.78 is 11.5. The van der Waals surface area contributed by atoms with Crippen molar-refractivity contribution in [2.45, 2.75) is 26.1 Å². The molecule has 6 heteroatoms. The van der Waals surface area contributed by atoms with Gasteiger partial charge in [0.2, 0.25) is 0 Å². The smallest absolute Gasteiger partial charge is 0.122 e. The predicted octanol–water partition coefficient (Wildman–Crippen LogP) is 2.10. The lowest BCUT2D eigenvalue weighted by Crippen LogP contribution is -2.51. The molecule has 2 N–H and O–H groups in total. The van der Waals surface area contributed by atoms with Crippen molar-refractivity contribution in [2.75, 3.05) is 52.5 Å². The fraction of sp³-hybridized carbons (Fsp3) is 0.500. The molecule has 0 saturated carbocycles. The molecule has 1 fully saturated rings. The molecule has 2 aromatic carbocycles. The standard InChI is InChI=1S/C24H34N2O4/c1-19-7-3-5-9-23(19)29-17-21(27)15-25-11-13-26(14-12-25)16-22(28)18-30-24-10-6-4-8-20(24)2/h3-10,21-22,27-28H,11-18H2,1-2H3/t21-,22+. The van der Waals surface area contributed by atoms with Crippen molar-refractivity contribution in [3.05, 3.63) is 59.7 Å². The lowest BCUT2D eigenvalue weighted by atomic mass is 10.2. The van der Waals surface area contributed by atoms with Crippen LogP contribution in [-0.2, 0) is 0 Å². The van der Waals surface area contributed by atoms with E-state index in [0.717, 1.165) is 48.8 Å². The van der Waals surface area contributed by atoms with E-state index in [-0.39, 0.29) is 0 Å². The van der Waals surface area contributed by atoms with Gasteiger partial charge in [0, 0.05) is 39.3 Å². The monoisotopic (exact) mass is 414 g/mol. The fourth-order valence-corrected chi connectivity index (χ4v) is 3.66. The van der Waals surface area contributed by atoms with Crippen LogP contribution in [0.3, 0.4) is 0 Å².